The number of fused-ring (bicyclic) bond motifs is 1. The second-order valence-corrected chi connectivity index (χ2v) is 13.0. The van der Waals surface area contributed by atoms with Crippen LogP contribution in [0.1, 0.15) is 0 Å². The monoisotopic (exact) mass is 357 g/mol. The molecule has 2 aromatic heterocycles. The number of benzene rings is 1. The zero-order valence-corrected chi connectivity index (χ0v) is 15.8. The van der Waals surface area contributed by atoms with Crippen LogP contribution in [-0.2, 0) is 11.5 Å². The standard InChI is InChI=1S/C18H23N3O3Si/c1-25(2,3)9-8-24-12-21-15-7-5-4-6-13(15)10-16(21)14-11-19-18(23)20-17(14)22/h4-7,10-11H,8-9,12H2,1-3H3,(H2,19,20,22,23). The molecule has 132 valence electrons. The van der Waals surface area contributed by atoms with E-state index in [1.807, 2.05) is 34.9 Å². The van der Waals surface area contributed by atoms with Gasteiger partial charge in [-0.15, -0.1) is 0 Å². The molecule has 6 nitrogen and oxygen atoms in total. The number of aromatic nitrogens is 3. The maximum atomic E-state index is 12.2. The highest BCUT2D eigenvalue weighted by Crippen LogP contribution is 2.26. The van der Waals surface area contributed by atoms with Crippen LogP contribution in [0.5, 0.6) is 0 Å². The summed E-state index contributed by atoms with van der Waals surface area (Å²) in [5.41, 5.74) is 1.23. The fourth-order valence-electron chi connectivity index (χ4n) is 2.71. The highest BCUT2D eigenvalue weighted by molar-refractivity contribution is 6.76. The Labute approximate surface area is 146 Å². The molecule has 25 heavy (non-hydrogen) atoms. The van der Waals surface area contributed by atoms with Gasteiger partial charge < -0.3 is 14.3 Å². The molecule has 0 atom stereocenters. The molecule has 0 aliphatic rings. The summed E-state index contributed by atoms with van der Waals surface area (Å²) < 4.78 is 7.88. The highest BCUT2D eigenvalue weighted by atomic mass is 28.3. The average Bonchev–Trinajstić information content (AvgIpc) is 2.89. The van der Waals surface area contributed by atoms with Crippen molar-refractivity contribution >= 4 is 19.0 Å². The molecule has 0 spiro atoms. The Balaban J connectivity index is 1.97. The van der Waals surface area contributed by atoms with Crippen molar-refractivity contribution in [2.24, 2.45) is 0 Å². The van der Waals surface area contributed by atoms with Crippen molar-refractivity contribution in [1.82, 2.24) is 14.5 Å². The molecular formula is C18H23N3O3Si. The summed E-state index contributed by atoms with van der Waals surface area (Å²) in [6.45, 7) is 8.00. The number of rotatable bonds is 6. The molecule has 0 saturated heterocycles. The Hall–Kier alpha value is -2.38. The smallest absolute Gasteiger partial charge is 0.325 e. The number of hydrogen-bond acceptors (Lipinski definition) is 3. The lowest BCUT2D eigenvalue weighted by atomic mass is 10.2. The topological polar surface area (TPSA) is 79.9 Å². The molecule has 2 heterocycles. The van der Waals surface area contributed by atoms with Gasteiger partial charge in [-0.05, 0) is 18.2 Å². The summed E-state index contributed by atoms with van der Waals surface area (Å²) in [6.07, 6.45) is 1.45. The van der Waals surface area contributed by atoms with Crippen LogP contribution in [0.25, 0.3) is 22.2 Å². The first-order valence-electron chi connectivity index (χ1n) is 8.33. The Morgan fingerprint density at radius 1 is 1.16 bits per heavy atom. The van der Waals surface area contributed by atoms with E-state index in [1.165, 1.54) is 6.20 Å². The molecule has 7 heteroatoms. The molecule has 0 unspecified atom stereocenters. The van der Waals surface area contributed by atoms with Crippen molar-refractivity contribution < 1.29 is 4.74 Å². The molecule has 3 rings (SSSR count). The van der Waals surface area contributed by atoms with Crippen molar-refractivity contribution in [2.75, 3.05) is 6.61 Å². The first kappa shape index (κ1) is 17.4. The van der Waals surface area contributed by atoms with Crippen LogP contribution in [0, 0.1) is 0 Å². The van der Waals surface area contributed by atoms with Crippen LogP contribution in [0.3, 0.4) is 0 Å². The third-order valence-corrected chi connectivity index (χ3v) is 5.83. The second-order valence-electron chi connectivity index (χ2n) is 7.35. The van der Waals surface area contributed by atoms with Crippen molar-refractivity contribution in [3.63, 3.8) is 0 Å². The van der Waals surface area contributed by atoms with Gasteiger partial charge in [-0.3, -0.25) is 9.78 Å². The van der Waals surface area contributed by atoms with E-state index in [-0.39, 0.29) is 0 Å². The van der Waals surface area contributed by atoms with Crippen LogP contribution in [0.4, 0.5) is 0 Å². The molecule has 0 aliphatic heterocycles. The lowest BCUT2D eigenvalue weighted by Crippen LogP contribution is -2.24. The van der Waals surface area contributed by atoms with Crippen LogP contribution in [0.15, 0.2) is 46.1 Å². The Bertz CT molecular complexity index is 995. The number of nitrogens with one attached hydrogen (secondary N) is 2. The van der Waals surface area contributed by atoms with Crippen molar-refractivity contribution in [3.8, 4) is 11.3 Å². The van der Waals surface area contributed by atoms with Crippen LogP contribution in [0.2, 0.25) is 25.7 Å². The number of para-hydroxylation sites is 1. The van der Waals surface area contributed by atoms with E-state index in [0.717, 1.165) is 22.6 Å². The van der Waals surface area contributed by atoms with Gasteiger partial charge in [0.25, 0.3) is 5.56 Å². The number of nitrogens with zero attached hydrogens (tertiary/aromatic N) is 1. The van der Waals surface area contributed by atoms with Crippen molar-refractivity contribution in [3.05, 3.63) is 57.4 Å². The van der Waals surface area contributed by atoms with Gasteiger partial charge in [0.05, 0.1) is 16.8 Å². The van der Waals surface area contributed by atoms with Gasteiger partial charge in [-0.25, -0.2) is 4.79 Å². The SMILES string of the molecule is C[Si](C)(C)CCOCn1c(-c2c[nH]c(=O)[nH]c2=O)cc2ccccc21. The second kappa shape index (κ2) is 6.85. The van der Waals surface area contributed by atoms with Crippen LogP contribution >= 0.6 is 0 Å². The average molecular weight is 357 g/mol. The molecule has 0 bridgehead atoms. The maximum Gasteiger partial charge on any atom is 0.325 e. The van der Waals surface area contributed by atoms with Gasteiger partial charge in [-0.1, -0.05) is 37.8 Å². The van der Waals surface area contributed by atoms with Gasteiger partial charge in [0.15, 0.2) is 0 Å². The number of hydrogen-bond donors (Lipinski definition) is 2. The van der Waals surface area contributed by atoms with Gasteiger partial charge in [0.2, 0.25) is 0 Å². The molecule has 0 amide bonds. The Kier molecular flexibility index (Phi) is 4.78. The first-order valence-corrected chi connectivity index (χ1v) is 12.0. The van der Waals surface area contributed by atoms with E-state index in [4.69, 9.17) is 4.74 Å². The maximum absolute atomic E-state index is 12.2. The molecule has 0 fully saturated rings. The van der Waals surface area contributed by atoms with Crippen LogP contribution in [-0.4, -0.2) is 29.2 Å². The molecule has 2 N–H and O–H groups in total. The van der Waals surface area contributed by atoms with Gasteiger partial charge in [0.1, 0.15) is 6.73 Å². The summed E-state index contributed by atoms with van der Waals surface area (Å²) in [5, 5.41) is 1.02. The van der Waals surface area contributed by atoms with Gasteiger partial charge in [-0.2, -0.15) is 0 Å². The minimum Gasteiger partial charge on any atom is -0.361 e. The molecule has 0 aliphatic carbocycles. The fourth-order valence-corrected chi connectivity index (χ4v) is 3.46. The molecule has 1 aromatic carbocycles. The minimum atomic E-state index is -1.15. The molecule has 3 aromatic rings. The van der Waals surface area contributed by atoms with E-state index in [0.29, 0.717) is 18.9 Å². The quantitative estimate of drug-likeness (QED) is 0.526. The minimum absolute atomic E-state index is 0.367. The lowest BCUT2D eigenvalue weighted by Gasteiger charge is -2.16. The highest BCUT2D eigenvalue weighted by Gasteiger charge is 2.15. The van der Waals surface area contributed by atoms with E-state index in [2.05, 4.69) is 29.6 Å². The van der Waals surface area contributed by atoms with Crippen molar-refractivity contribution in [1.29, 1.82) is 0 Å². The van der Waals surface area contributed by atoms with Crippen LogP contribution < -0.4 is 11.2 Å². The van der Waals surface area contributed by atoms with E-state index in [9.17, 15) is 9.59 Å². The molecule has 0 radical (unpaired) electrons. The van der Waals surface area contributed by atoms with E-state index < -0.39 is 19.3 Å². The molecule has 0 saturated carbocycles. The summed E-state index contributed by atoms with van der Waals surface area (Å²) in [4.78, 5) is 28.3. The number of ether oxygens (including phenoxy) is 1. The normalized spacial score (nSPS) is 12.0. The Morgan fingerprint density at radius 2 is 1.92 bits per heavy atom. The third-order valence-electron chi connectivity index (χ3n) is 4.12. The lowest BCUT2D eigenvalue weighted by molar-refractivity contribution is 0.0912. The van der Waals surface area contributed by atoms with Gasteiger partial charge in [0, 0.05) is 26.3 Å². The molecular weight excluding hydrogens is 334 g/mol. The predicted molar refractivity (Wildman–Crippen MR) is 103 cm³/mol. The summed E-state index contributed by atoms with van der Waals surface area (Å²) in [7, 11) is -1.15. The number of aromatic amines is 2. The van der Waals surface area contributed by atoms with Gasteiger partial charge >= 0.3 is 5.69 Å². The zero-order valence-electron chi connectivity index (χ0n) is 14.8. The fraction of sp³-hybridized carbons (Fsp3) is 0.333. The summed E-state index contributed by atoms with van der Waals surface area (Å²) >= 11 is 0. The largest absolute Gasteiger partial charge is 0.361 e. The summed E-state index contributed by atoms with van der Waals surface area (Å²) in [5.74, 6) is 0. The number of H-pyrrole nitrogens is 2. The zero-order chi connectivity index (χ0) is 18.0. The van der Waals surface area contributed by atoms with Crippen molar-refractivity contribution in [2.45, 2.75) is 32.4 Å². The Morgan fingerprint density at radius 3 is 2.64 bits per heavy atom. The first-order chi connectivity index (χ1) is 11.8. The third kappa shape index (κ3) is 4.00. The van der Waals surface area contributed by atoms with E-state index in [1.54, 1.807) is 0 Å². The predicted octanol–water partition coefficient (Wildman–Crippen LogP) is 3.00. The summed E-state index contributed by atoms with van der Waals surface area (Å²) in [6, 6.07) is 10.9. The van der Waals surface area contributed by atoms with E-state index >= 15 is 0 Å².